The van der Waals surface area contributed by atoms with Crippen LogP contribution in [0.25, 0.3) is 11.4 Å². The third kappa shape index (κ3) is 4.05. The molecule has 2 aromatic heterocycles. The van der Waals surface area contributed by atoms with Crippen molar-refractivity contribution in [2.24, 2.45) is 5.41 Å². The zero-order valence-corrected chi connectivity index (χ0v) is 16.9. The summed E-state index contributed by atoms with van der Waals surface area (Å²) in [5.74, 6) is 0.623. The molecule has 154 valence electrons. The molecule has 0 N–H and O–H groups in total. The molecule has 1 aromatic carbocycles. The predicted molar refractivity (Wildman–Crippen MR) is 112 cm³/mol. The molecular weight excluding hydrogens is 384 g/mol. The highest BCUT2D eigenvalue weighted by Crippen LogP contribution is 2.30. The van der Waals surface area contributed by atoms with E-state index in [-0.39, 0.29) is 16.7 Å². The second kappa shape index (κ2) is 7.66. The fraction of sp³-hybridized carbons (Fsp3) is 0.333. The van der Waals surface area contributed by atoms with Gasteiger partial charge in [-0.1, -0.05) is 26.0 Å². The van der Waals surface area contributed by atoms with Crippen molar-refractivity contribution in [1.29, 1.82) is 0 Å². The molecular formula is C21H22N6O3. The van der Waals surface area contributed by atoms with E-state index in [9.17, 15) is 14.9 Å². The molecule has 0 aliphatic carbocycles. The van der Waals surface area contributed by atoms with Gasteiger partial charge >= 0.3 is 0 Å². The number of non-ortho nitro benzene ring substituents is 1. The smallest absolute Gasteiger partial charge is 0.269 e. The van der Waals surface area contributed by atoms with Crippen LogP contribution < -0.4 is 10.5 Å². The number of aromatic nitrogens is 4. The third-order valence-corrected chi connectivity index (χ3v) is 5.14. The quantitative estimate of drug-likeness (QED) is 0.473. The monoisotopic (exact) mass is 406 g/mol. The summed E-state index contributed by atoms with van der Waals surface area (Å²) < 4.78 is 1.71. The number of nitro groups is 1. The van der Waals surface area contributed by atoms with E-state index < -0.39 is 4.92 Å². The molecule has 0 radical (unpaired) electrons. The van der Waals surface area contributed by atoms with E-state index in [1.165, 1.54) is 24.5 Å². The summed E-state index contributed by atoms with van der Waals surface area (Å²) in [5, 5.41) is 10.9. The van der Waals surface area contributed by atoms with Gasteiger partial charge in [0.25, 0.3) is 11.2 Å². The molecule has 1 aliphatic heterocycles. The highest BCUT2D eigenvalue weighted by Gasteiger charge is 2.32. The van der Waals surface area contributed by atoms with Crippen LogP contribution in [0.4, 0.5) is 11.6 Å². The molecule has 0 atom stereocenters. The van der Waals surface area contributed by atoms with Gasteiger partial charge in [0.05, 0.1) is 16.3 Å². The van der Waals surface area contributed by atoms with Gasteiger partial charge in [-0.15, -0.1) is 0 Å². The van der Waals surface area contributed by atoms with Crippen molar-refractivity contribution in [2.45, 2.75) is 26.8 Å². The van der Waals surface area contributed by atoms with Crippen LogP contribution in [0.1, 0.15) is 19.4 Å². The van der Waals surface area contributed by atoms with Gasteiger partial charge in [0.15, 0.2) is 0 Å². The van der Waals surface area contributed by atoms with E-state index in [1.54, 1.807) is 29.0 Å². The van der Waals surface area contributed by atoms with Crippen LogP contribution in [-0.2, 0) is 13.0 Å². The summed E-state index contributed by atoms with van der Waals surface area (Å²) in [6.45, 7) is 6.23. The first-order valence-corrected chi connectivity index (χ1v) is 9.69. The number of nitro benzene ring substituents is 1. The van der Waals surface area contributed by atoms with Crippen LogP contribution in [-0.4, -0.2) is 37.5 Å². The first-order chi connectivity index (χ1) is 14.3. The molecule has 30 heavy (non-hydrogen) atoms. The van der Waals surface area contributed by atoms with Crippen LogP contribution in [0.5, 0.6) is 0 Å². The first kappa shape index (κ1) is 19.7. The maximum atomic E-state index is 12.9. The van der Waals surface area contributed by atoms with Crippen molar-refractivity contribution < 1.29 is 4.92 Å². The first-order valence-electron chi connectivity index (χ1n) is 9.69. The number of anilines is 1. The summed E-state index contributed by atoms with van der Waals surface area (Å²) in [7, 11) is 0. The van der Waals surface area contributed by atoms with Crippen LogP contribution in [0, 0.1) is 15.5 Å². The summed E-state index contributed by atoms with van der Waals surface area (Å²) in [6, 6.07) is 9.81. The summed E-state index contributed by atoms with van der Waals surface area (Å²) in [4.78, 5) is 38.3. The van der Waals surface area contributed by atoms with Crippen molar-refractivity contribution in [2.75, 3.05) is 18.0 Å². The summed E-state index contributed by atoms with van der Waals surface area (Å²) in [5.41, 5.74) is 1.99. The zero-order chi connectivity index (χ0) is 21.3. The van der Waals surface area contributed by atoms with Crippen molar-refractivity contribution in [1.82, 2.24) is 19.5 Å². The fourth-order valence-corrected chi connectivity index (χ4v) is 3.75. The Kier molecular flexibility index (Phi) is 5.03. The van der Waals surface area contributed by atoms with E-state index in [4.69, 9.17) is 4.98 Å². The average molecular weight is 406 g/mol. The lowest BCUT2D eigenvalue weighted by molar-refractivity contribution is -0.384. The second-order valence-corrected chi connectivity index (χ2v) is 8.22. The highest BCUT2D eigenvalue weighted by molar-refractivity contribution is 5.55. The van der Waals surface area contributed by atoms with Gasteiger partial charge in [0, 0.05) is 49.4 Å². The largest absolute Gasteiger partial charge is 0.341 e. The molecule has 0 saturated heterocycles. The second-order valence-electron chi connectivity index (χ2n) is 8.22. The molecule has 1 aliphatic rings. The van der Waals surface area contributed by atoms with Crippen molar-refractivity contribution in [3.05, 3.63) is 75.0 Å². The van der Waals surface area contributed by atoms with Crippen LogP contribution in [0.15, 0.2) is 53.7 Å². The lowest BCUT2D eigenvalue weighted by atomic mass is 9.91. The lowest BCUT2D eigenvalue weighted by Crippen LogP contribution is -2.48. The number of nitrogens with zero attached hydrogens (tertiary/aromatic N) is 6. The normalized spacial score (nSPS) is 14.9. The Morgan fingerprint density at radius 1 is 1.13 bits per heavy atom. The molecule has 0 spiro atoms. The Bertz CT molecular complexity index is 1130. The number of hydrogen-bond donors (Lipinski definition) is 0. The maximum Gasteiger partial charge on any atom is 0.269 e. The summed E-state index contributed by atoms with van der Waals surface area (Å²) >= 11 is 0. The van der Waals surface area contributed by atoms with Gasteiger partial charge in [-0.2, -0.15) is 0 Å². The molecule has 3 aromatic rings. The lowest BCUT2D eigenvalue weighted by Gasteiger charge is -2.40. The Hall–Kier alpha value is -3.62. The van der Waals surface area contributed by atoms with Gasteiger partial charge in [0.1, 0.15) is 6.33 Å². The van der Waals surface area contributed by atoms with Gasteiger partial charge < -0.3 is 4.90 Å². The SMILES string of the molecule is CC1(C)CN(CCc2ccc([N+](=O)[O-])cc2)c2nc(-c3ccncn3)cc(=O)n2C1. The van der Waals surface area contributed by atoms with Gasteiger partial charge in [-0.25, -0.2) is 15.0 Å². The van der Waals surface area contributed by atoms with E-state index in [0.717, 1.165) is 12.1 Å². The standard InChI is InChI=1S/C21H22N6O3/c1-21(2)12-25(10-8-15-3-5-16(6-4-15)27(29)30)20-24-18(11-19(28)26(20)13-21)17-7-9-22-14-23-17/h3-7,9,11,14H,8,10,12-13H2,1-2H3. The highest BCUT2D eigenvalue weighted by atomic mass is 16.6. The van der Waals surface area contributed by atoms with Crippen molar-refractivity contribution >= 4 is 11.6 Å². The molecule has 0 fully saturated rings. The van der Waals surface area contributed by atoms with Crippen molar-refractivity contribution in [3.8, 4) is 11.4 Å². The Balaban J connectivity index is 1.65. The third-order valence-electron chi connectivity index (χ3n) is 5.14. The molecule has 0 bridgehead atoms. The minimum Gasteiger partial charge on any atom is -0.341 e. The van der Waals surface area contributed by atoms with Gasteiger partial charge in [-0.3, -0.25) is 19.5 Å². The Labute approximate surface area is 173 Å². The van der Waals surface area contributed by atoms with E-state index in [2.05, 4.69) is 28.7 Å². The minimum atomic E-state index is -0.405. The Morgan fingerprint density at radius 3 is 2.57 bits per heavy atom. The van der Waals surface area contributed by atoms with E-state index in [0.29, 0.717) is 36.8 Å². The molecule has 0 amide bonds. The molecule has 3 heterocycles. The zero-order valence-electron chi connectivity index (χ0n) is 16.9. The van der Waals surface area contributed by atoms with Crippen LogP contribution in [0.3, 0.4) is 0 Å². The van der Waals surface area contributed by atoms with E-state index in [1.807, 2.05) is 0 Å². The van der Waals surface area contributed by atoms with Crippen molar-refractivity contribution in [3.63, 3.8) is 0 Å². The summed E-state index contributed by atoms with van der Waals surface area (Å²) in [6.07, 6.45) is 3.74. The Morgan fingerprint density at radius 2 is 1.90 bits per heavy atom. The molecule has 0 unspecified atom stereocenters. The molecule has 9 nitrogen and oxygen atoms in total. The maximum absolute atomic E-state index is 12.9. The molecule has 0 saturated carbocycles. The number of fused-ring (bicyclic) bond motifs is 1. The van der Waals surface area contributed by atoms with Crippen LogP contribution >= 0.6 is 0 Å². The number of hydrogen-bond acceptors (Lipinski definition) is 7. The molecule has 9 heteroatoms. The predicted octanol–water partition coefficient (Wildman–Crippen LogP) is 2.70. The topological polar surface area (TPSA) is 107 Å². The minimum absolute atomic E-state index is 0.0749. The van der Waals surface area contributed by atoms with Gasteiger partial charge in [0.2, 0.25) is 5.95 Å². The average Bonchev–Trinajstić information content (AvgIpc) is 2.73. The van der Waals surface area contributed by atoms with Crippen LogP contribution in [0.2, 0.25) is 0 Å². The number of benzene rings is 1. The fourth-order valence-electron chi connectivity index (χ4n) is 3.75. The van der Waals surface area contributed by atoms with Gasteiger partial charge in [-0.05, 0) is 18.1 Å². The number of rotatable bonds is 5. The van der Waals surface area contributed by atoms with E-state index >= 15 is 0 Å². The molecule has 4 rings (SSSR count).